The summed E-state index contributed by atoms with van der Waals surface area (Å²) in [6, 6.07) is 0. The summed E-state index contributed by atoms with van der Waals surface area (Å²) < 4.78 is 7.43. The summed E-state index contributed by atoms with van der Waals surface area (Å²) in [5.74, 6) is 1.63. The minimum Gasteiger partial charge on any atom is -0.848 e. The number of amides is 1. The number of carbonyl (C=O) groups excluding carboxylic acids is 1. The van der Waals surface area contributed by atoms with Gasteiger partial charge < -0.3 is 26.0 Å². The number of fused-ring (bicyclic) bond motifs is 1. The number of nitrogens with zero attached hydrogens (tertiary/aromatic N) is 4. The van der Waals surface area contributed by atoms with Gasteiger partial charge in [0.25, 0.3) is 0 Å². The Morgan fingerprint density at radius 2 is 2.26 bits per heavy atom. The van der Waals surface area contributed by atoms with Gasteiger partial charge in [-0.2, -0.15) is 0 Å². The highest BCUT2D eigenvalue weighted by Gasteiger charge is 2.41. The molecule has 2 aromatic rings. The smallest absolute Gasteiger partial charge is 0.216 e. The van der Waals surface area contributed by atoms with Crippen LogP contribution in [0.15, 0.2) is 12.7 Å². The molecule has 0 saturated carbocycles. The predicted octanol–water partition coefficient (Wildman–Crippen LogP) is -1.83. The minimum atomic E-state index is -1.25. The van der Waals surface area contributed by atoms with Crippen LogP contribution in [0.25, 0.3) is 11.2 Å². The average molecular weight is 396 g/mol. The van der Waals surface area contributed by atoms with Crippen molar-refractivity contribution in [1.29, 1.82) is 0 Å². The molecule has 0 spiro atoms. The second kappa shape index (κ2) is 8.38. The number of hydrogen-bond acceptors (Lipinski definition) is 8. The minimum absolute atomic E-state index is 0.0484. The Hall–Kier alpha value is -1.95. The van der Waals surface area contributed by atoms with Crippen molar-refractivity contribution in [2.45, 2.75) is 37.9 Å². The lowest BCUT2D eigenvalue weighted by Crippen LogP contribution is -2.45. The maximum absolute atomic E-state index is 12.5. The summed E-state index contributed by atoms with van der Waals surface area (Å²) in [5.41, 5.74) is 6.61. The molecule has 4 N–H and O–H groups in total. The number of aliphatic hydroxyl groups excluding tert-OH is 1. The predicted molar refractivity (Wildman–Crippen MR) is 99.8 cm³/mol. The van der Waals surface area contributed by atoms with Gasteiger partial charge in [0.05, 0.1) is 24.8 Å². The monoisotopic (exact) mass is 396 g/mol. The van der Waals surface area contributed by atoms with Gasteiger partial charge in [0.2, 0.25) is 5.91 Å². The van der Waals surface area contributed by atoms with Crippen LogP contribution in [0, 0.1) is 0 Å². The first kappa shape index (κ1) is 19.8. The molecule has 1 fully saturated rings. The maximum Gasteiger partial charge on any atom is 0.216 e. The molecule has 1 aliphatic rings. The third-order valence-electron chi connectivity index (χ3n) is 4.46. The zero-order chi connectivity index (χ0) is 19.6. The van der Waals surface area contributed by atoms with E-state index >= 15 is 0 Å². The van der Waals surface area contributed by atoms with Crippen molar-refractivity contribution in [2.75, 3.05) is 30.0 Å². The van der Waals surface area contributed by atoms with Crippen molar-refractivity contribution in [3.05, 3.63) is 12.7 Å². The van der Waals surface area contributed by atoms with Crippen molar-refractivity contribution in [3.8, 4) is 0 Å². The van der Waals surface area contributed by atoms with Gasteiger partial charge in [0, 0.05) is 19.9 Å². The van der Waals surface area contributed by atoms with E-state index in [1.54, 1.807) is 0 Å². The number of aliphatic hydroxyl groups is 1. The van der Waals surface area contributed by atoms with E-state index in [1.807, 2.05) is 0 Å². The van der Waals surface area contributed by atoms with Crippen molar-refractivity contribution < 1.29 is 19.7 Å². The zero-order valence-corrected chi connectivity index (χ0v) is 16.1. The van der Waals surface area contributed by atoms with E-state index in [0.29, 0.717) is 23.5 Å². The van der Waals surface area contributed by atoms with E-state index in [9.17, 15) is 15.0 Å². The van der Waals surface area contributed by atoms with E-state index in [1.165, 1.54) is 24.1 Å². The molecule has 2 aromatic heterocycles. The highest BCUT2D eigenvalue weighted by molar-refractivity contribution is 7.96. The average Bonchev–Trinajstić information content (AvgIpc) is 3.16. The van der Waals surface area contributed by atoms with Crippen molar-refractivity contribution in [2.24, 2.45) is 0 Å². The van der Waals surface area contributed by atoms with Crippen LogP contribution >= 0.6 is 0 Å². The van der Waals surface area contributed by atoms with Crippen LogP contribution in [0.5, 0.6) is 0 Å². The molecule has 0 radical (unpaired) electrons. The molecule has 0 aromatic carbocycles. The summed E-state index contributed by atoms with van der Waals surface area (Å²) >= 11 is 0. The Morgan fingerprint density at radius 3 is 3.00 bits per heavy atom. The maximum atomic E-state index is 12.5. The molecule has 1 unspecified atom stereocenters. The number of ether oxygens (including phenoxy) is 1. The SMILES string of the molecule is CC(=O)NCCC[S+](C)C[C@H]1O[C@@H](n2cnc3c(N)ncnc32)[C@H](O)[C@@H]1[O-]. The third-order valence-corrected chi connectivity index (χ3v) is 6.35. The van der Waals surface area contributed by atoms with E-state index in [-0.39, 0.29) is 22.6 Å². The molecule has 10 nitrogen and oxygen atoms in total. The van der Waals surface area contributed by atoms with E-state index < -0.39 is 24.5 Å². The van der Waals surface area contributed by atoms with Crippen molar-refractivity contribution in [3.63, 3.8) is 0 Å². The number of hydrogen-bond donors (Lipinski definition) is 3. The van der Waals surface area contributed by atoms with Gasteiger partial charge in [0.15, 0.2) is 17.7 Å². The molecule has 0 aliphatic carbocycles. The van der Waals surface area contributed by atoms with Crippen LogP contribution in [0.1, 0.15) is 19.6 Å². The summed E-state index contributed by atoms with van der Waals surface area (Å²) in [6.07, 6.45) is 1.74. The second-order valence-electron chi connectivity index (χ2n) is 6.59. The number of nitrogens with two attached hydrogens (primary N) is 1. The van der Waals surface area contributed by atoms with Crippen LogP contribution < -0.4 is 16.2 Å². The summed E-state index contributed by atoms with van der Waals surface area (Å²) in [4.78, 5) is 23.1. The third kappa shape index (κ3) is 4.32. The number of imidazole rings is 1. The molecule has 3 heterocycles. The fraction of sp³-hybridized carbons (Fsp3) is 0.625. The van der Waals surface area contributed by atoms with Crippen LogP contribution in [0.2, 0.25) is 0 Å². The normalized spacial score (nSPS) is 26.4. The lowest BCUT2D eigenvalue weighted by Gasteiger charge is -2.24. The lowest BCUT2D eigenvalue weighted by molar-refractivity contribution is -0.438. The Balaban J connectivity index is 1.63. The van der Waals surface area contributed by atoms with Crippen LogP contribution in [0.4, 0.5) is 5.82 Å². The van der Waals surface area contributed by atoms with Crippen LogP contribution in [-0.4, -0.2) is 73.2 Å². The summed E-state index contributed by atoms with van der Waals surface area (Å²) in [5, 5.41) is 25.7. The van der Waals surface area contributed by atoms with Gasteiger partial charge in [-0.05, 0) is 10.9 Å². The number of nitrogens with one attached hydrogen (secondary N) is 1. The number of rotatable bonds is 7. The molecule has 5 atom stereocenters. The molecule has 11 heteroatoms. The van der Waals surface area contributed by atoms with Gasteiger partial charge in [-0.3, -0.25) is 9.36 Å². The van der Waals surface area contributed by atoms with Crippen molar-refractivity contribution >= 4 is 33.8 Å². The van der Waals surface area contributed by atoms with E-state index in [0.717, 1.165) is 12.2 Å². The Labute approximate surface area is 159 Å². The van der Waals surface area contributed by atoms with Gasteiger partial charge in [-0.25, -0.2) is 15.0 Å². The number of carbonyl (C=O) groups is 1. The Kier molecular flexibility index (Phi) is 6.15. The van der Waals surface area contributed by atoms with Gasteiger partial charge in [0.1, 0.15) is 23.3 Å². The molecule has 148 valence electrons. The fourth-order valence-corrected chi connectivity index (χ4v) is 4.72. The standard InChI is InChI=1S/C16H24N6O4S/c1-9(23)18-4-3-5-27(2)6-10-12(24)13(25)16(26-10)22-8-21-11-14(17)19-7-20-15(11)22/h7-8,10,12-13,16,25H,3-6H2,1-2H3,(H,18,23)(H2,17,19,20)/t10-,12-,13-,16-,27?/m1/s1. The molecule has 1 amide bonds. The van der Waals surface area contributed by atoms with Crippen molar-refractivity contribution in [1.82, 2.24) is 24.8 Å². The topological polar surface area (TPSA) is 151 Å². The number of nitrogen functional groups attached to an aromatic ring is 1. The molecule has 3 rings (SSSR count). The quantitative estimate of drug-likeness (QED) is 0.365. The first-order chi connectivity index (χ1) is 12.9. The highest BCUT2D eigenvalue weighted by Crippen LogP contribution is 2.31. The van der Waals surface area contributed by atoms with Crippen LogP contribution in [0.3, 0.4) is 0 Å². The van der Waals surface area contributed by atoms with Gasteiger partial charge >= 0.3 is 0 Å². The first-order valence-corrected chi connectivity index (χ1v) is 10.6. The Bertz CT molecular complexity index is 802. The highest BCUT2D eigenvalue weighted by atomic mass is 32.2. The molecule has 1 saturated heterocycles. The largest absolute Gasteiger partial charge is 0.848 e. The fourth-order valence-electron chi connectivity index (χ4n) is 3.09. The summed E-state index contributed by atoms with van der Waals surface area (Å²) in [7, 11) is -0.0606. The Morgan fingerprint density at radius 1 is 1.48 bits per heavy atom. The number of anilines is 1. The first-order valence-electron chi connectivity index (χ1n) is 8.64. The lowest BCUT2D eigenvalue weighted by atomic mass is 10.1. The summed E-state index contributed by atoms with van der Waals surface area (Å²) in [6.45, 7) is 2.10. The molecular weight excluding hydrogens is 372 g/mol. The van der Waals surface area contributed by atoms with E-state index in [4.69, 9.17) is 10.5 Å². The molecular formula is C16H24N6O4S. The molecule has 27 heavy (non-hydrogen) atoms. The zero-order valence-electron chi connectivity index (χ0n) is 15.2. The second-order valence-corrected chi connectivity index (χ2v) is 8.90. The van der Waals surface area contributed by atoms with Gasteiger partial charge in [-0.15, -0.1) is 0 Å². The molecule has 0 bridgehead atoms. The molecule has 1 aliphatic heterocycles. The number of aromatic nitrogens is 4. The van der Waals surface area contributed by atoms with Gasteiger partial charge in [-0.1, -0.05) is 6.10 Å². The van der Waals surface area contributed by atoms with E-state index in [2.05, 4.69) is 26.5 Å². The van der Waals surface area contributed by atoms with Crippen LogP contribution in [-0.2, 0) is 20.4 Å².